The fraction of sp³-hybridized carbons (Fsp3) is 0.842. The van der Waals surface area contributed by atoms with E-state index in [1.165, 1.54) is 0 Å². The van der Waals surface area contributed by atoms with Crippen molar-refractivity contribution in [2.45, 2.75) is 92.9 Å². The van der Waals surface area contributed by atoms with Crippen molar-refractivity contribution in [2.75, 3.05) is 6.61 Å². The van der Waals surface area contributed by atoms with Crippen molar-refractivity contribution >= 4 is 5.91 Å². The topological polar surface area (TPSA) is 95.7 Å². The lowest BCUT2D eigenvalue weighted by molar-refractivity contribution is -0.357. The molecule has 184 valence electrons. The molecular weight excluding hydrogens is 464 g/mol. The maximum absolute atomic E-state index is 12.2. The zero-order valence-electron chi connectivity index (χ0n) is 17.2. The van der Waals surface area contributed by atoms with Gasteiger partial charge in [0.1, 0.15) is 6.61 Å². The first-order valence-electron chi connectivity index (χ1n) is 10.6. The molecule has 1 aromatic heterocycles. The molecule has 5 aliphatic rings. The Bertz CT molecular complexity index is 887. The summed E-state index contributed by atoms with van der Waals surface area (Å²) in [4.78, 5) is 12.2. The maximum Gasteiger partial charge on any atom is 0.522 e. The van der Waals surface area contributed by atoms with E-state index in [-0.39, 0.29) is 49.5 Å². The van der Waals surface area contributed by atoms with E-state index in [2.05, 4.69) is 25.0 Å². The van der Waals surface area contributed by atoms with E-state index < -0.39 is 36.6 Å². The first-order chi connectivity index (χ1) is 15.3. The first-order valence-corrected chi connectivity index (χ1v) is 10.6. The number of rotatable bonds is 8. The molecule has 14 heteroatoms. The molecule has 0 aromatic carbocycles. The number of alkyl halides is 6. The SMILES string of the molecule is O=C(COC1CC(OC(F)(F)F)C1)NC12CC(c3nnc([C@H]4C[C@H](OC(F)(F)F)C4)o3)(C1)C2. The number of aromatic nitrogens is 2. The monoisotopic (exact) mass is 485 g/mol. The van der Waals surface area contributed by atoms with Crippen molar-refractivity contribution in [3.05, 3.63) is 11.8 Å². The molecule has 0 radical (unpaired) electrons. The molecule has 2 bridgehead atoms. The van der Waals surface area contributed by atoms with E-state index in [0.717, 1.165) is 0 Å². The minimum Gasteiger partial charge on any atom is -0.424 e. The van der Waals surface area contributed by atoms with Crippen LogP contribution in [0.25, 0.3) is 0 Å². The summed E-state index contributed by atoms with van der Waals surface area (Å²) in [5, 5.41) is 10.9. The van der Waals surface area contributed by atoms with Crippen LogP contribution in [0.3, 0.4) is 0 Å². The van der Waals surface area contributed by atoms with Crippen LogP contribution in [0.5, 0.6) is 0 Å². The third kappa shape index (κ3) is 4.69. The summed E-state index contributed by atoms with van der Waals surface area (Å²) in [6, 6.07) is 0. The van der Waals surface area contributed by atoms with Gasteiger partial charge in [-0.05, 0) is 32.1 Å². The molecule has 33 heavy (non-hydrogen) atoms. The molecule has 1 heterocycles. The van der Waals surface area contributed by atoms with Crippen molar-refractivity contribution in [3.63, 3.8) is 0 Å². The highest BCUT2D eigenvalue weighted by molar-refractivity contribution is 5.79. The molecule has 8 nitrogen and oxygen atoms in total. The Balaban J connectivity index is 1.01. The van der Waals surface area contributed by atoms with E-state index in [0.29, 0.717) is 31.0 Å². The third-order valence-corrected chi connectivity index (χ3v) is 6.88. The van der Waals surface area contributed by atoms with Crippen molar-refractivity contribution in [1.29, 1.82) is 0 Å². The Morgan fingerprint density at radius 2 is 1.52 bits per heavy atom. The van der Waals surface area contributed by atoms with Crippen LogP contribution in [0.2, 0.25) is 0 Å². The zero-order chi connectivity index (χ0) is 23.6. The fourth-order valence-corrected chi connectivity index (χ4v) is 5.28. The number of hydrogen-bond donors (Lipinski definition) is 1. The highest BCUT2D eigenvalue weighted by Gasteiger charge is 2.72. The lowest BCUT2D eigenvalue weighted by atomic mass is 9.39. The van der Waals surface area contributed by atoms with E-state index in [9.17, 15) is 31.1 Å². The summed E-state index contributed by atoms with van der Waals surface area (Å²) >= 11 is 0. The number of nitrogens with one attached hydrogen (secondary N) is 1. The summed E-state index contributed by atoms with van der Waals surface area (Å²) < 4.78 is 91.9. The van der Waals surface area contributed by atoms with Gasteiger partial charge in [-0.25, -0.2) is 0 Å². The predicted molar refractivity (Wildman–Crippen MR) is 93.5 cm³/mol. The van der Waals surface area contributed by atoms with Crippen molar-refractivity contribution in [3.8, 4) is 0 Å². The number of halogens is 6. The van der Waals surface area contributed by atoms with Gasteiger partial charge in [-0.1, -0.05) is 0 Å². The quantitative estimate of drug-likeness (QED) is 0.565. The van der Waals surface area contributed by atoms with Crippen LogP contribution in [0.1, 0.15) is 62.6 Å². The molecule has 1 aromatic rings. The van der Waals surface area contributed by atoms with Gasteiger partial charge in [0, 0.05) is 24.3 Å². The molecule has 0 aliphatic heterocycles. The van der Waals surface area contributed by atoms with Crippen LogP contribution in [-0.2, 0) is 24.4 Å². The molecule has 1 N–H and O–H groups in total. The Hall–Kier alpha value is -1.93. The summed E-state index contributed by atoms with van der Waals surface area (Å²) in [6.45, 7) is -0.244. The highest BCUT2D eigenvalue weighted by atomic mass is 19.4. The predicted octanol–water partition coefficient (Wildman–Crippen LogP) is 3.23. The van der Waals surface area contributed by atoms with E-state index in [4.69, 9.17) is 9.15 Å². The van der Waals surface area contributed by atoms with Gasteiger partial charge in [0.25, 0.3) is 0 Å². The number of hydrogen-bond acceptors (Lipinski definition) is 7. The summed E-state index contributed by atoms with van der Waals surface area (Å²) in [6.07, 6.45) is -9.30. The molecule has 0 atom stereocenters. The number of carbonyl (C=O) groups is 1. The average Bonchev–Trinajstić information content (AvgIpc) is 3.01. The lowest BCUT2D eigenvalue weighted by Crippen LogP contribution is -2.77. The fourth-order valence-electron chi connectivity index (χ4n) is 5.28. The molecule has 6 rings (SSSR count). The van der Waals surface area contributed by atoms with Crippen LogP contribution >= 0.6 is 0 Å². The second-order valence-corrected chi connectivity index (χ2v) is 9.53. The largest absolute Gasteiger partial charge is 0.522 e. The second kappa shape index (κ2) is 7.54. The van der Waals surface area contributed by atoms with Gasteiger partial charge in [0.05, 0.1) is 23.7 Å². The second-order valence-electron chi connectivity index (χ2n) is 9.53. The van der Waals surface area contributed by atoms with Crippen LogP contribution in [0.15, 0.2) is 4.42 Å². The van der Waals surface area contributed by atoms with Gasteiger partial charge >= 0.3 is 12.7 Å². The Morgan fingerprint density at radius 3 is 2.09 bits per heavy atom. The molecule has 5 fully saturated rings. The van der Waals surface area contributed by atoms with Crippen LogP contribution in [0.4, 0.5) is 26.3 Å². The molecule has 0 unspecified atom stereocenters. The van der Waals surface area contributed by atoms with Crippen LogP contribution in [-0.4, -0.2) is 59.3 Å². The van der Waals surface area contributed by atoms with Crippen LogP contribution in [0, 0.1) is 0 Å². The van der Waals surface area contributed by atoms with Gasteiger partial charge in [0.15, 0.2) is 0 Å². The molecular formula is C19H21F6N3O5. The van der Waals surface area contributed by atoms with Crippen molar-refractivity contribution < 1.29 is 49.8 Å². The molecule has 1 amide bonds. The number of carbonyl (C=O) groups excluding carboxylic acids is 1. The van der Waals surface area contributed by atoms with Crippen molar-refractivity contribution in [1.82, 2.24) is 15.5 Å². The number of ether oxygens (including phenoxy) is 3. The van der Waals surface area contributed by atoms with Gasteiger partial charge in [0.2, 0.25) is 17.7 Å². The first kappa shape index (κ1) is 22.8. The lowest BCUT2D eigenvalue weighted by Gasteiger charge is -2.68. The Kier molecular flexibility index (Phi) is 5.22. The zero-order valence-corrected chi connectivity index (χ0v) is 17.2. The summed E-state index contributed by atoms with van der Waals surface area (Å²) in [5.41, 5.74) is -0.722. The minimum atomic E-state index is -4.67. The van der Waals surface area contributed by atoms with E-state index in [1.807, 2.05) is 0 Å². The maximum atomic E-state index is 12.2. The van der Waals surface area contributed by atoms with E-state index >= 15 is 0 Å². The third-order valence-electron chi connectivity index (χ3n) is 6.88. The van der Waals surface area contributed by atoms with Gasteiger partial charge in [-0.3, -0.25) is 14.3 Å². The standard InChI is InChI=1S/C19H21F6N3O5/c20-18(21,22)32-11-1-9(2-11)14-27-28-15(31-14)16-6-17(7-16,8-16)26-13(29)5-30-10-3-12(4-10)33-19(23,24)25/h9-12H,1-8H2,(H,26,29)/t9-,10?,11-,12?,16?,17?. The molecule has 0 spiro atoms. The molecule has 5 saturated carbocycles. The van der Waals surface area contributed by atoms with Gasteiger partial charge in [-0.15, -0.1) is 36.5 Å². The summed E-state index contributed by atoms with van der Waals surface area (Å²) in [5.74, 6) is 0.121. The van der Waals surface area contributed by atoms with Crippen molar-refractivity contribution in [2.24, 2.45) is 0 Å². The Morgan fingerprint density at radius 1 is 0.939 bits per heavy atom. The molecule has 5 aliphatic carbocycles. The van der Waals surface area contributed by atoms with E-state index in [1.54, 1.807) is 0 Å². The smallest absolute Gasteiger partial charge is 0.424 e. The van der Waals surface area contributed by atoms with Gasteiger partial charge < -0.3 is 14.5 Å². The average molecular weight is 485 g/mol. The number of amides is 1. The summed E-state index contributed by atoms with van der Waals surface area (Å²) in [7, 11) is 0. The van der Waals surface area contributed by atoms with Crippen LogP contribution < -0.4 is 5.32 Å². The normalized spacial score (nSPS) is 37.4. The minimum absolute atomic E-state index is 0.0879. The Labute approximate surface area is 183 Å². The highest BCUT2D eigenvalue weighted by Crippen LogP contribution is 2.67. The van der Waals surface area contributed by atoms with Gasteiger partial charge in [-0.2, -0.15) is 0 Å². The number of nitrogens with zero attached hydrogens (tertiary/aromatic N) is 2. The molecule has 0 saturated heterocycles.